The van der Waals surface area contributed by atoms with Crippen LogP contribution in [0.25, 0.3) is 12.2 Å². The molecule has 0 fully saturated rings. The van der Waals surface area contributed by atoms with Gasteiger partial charge in [0.25, 0.3) is 0 Å². The first-order valence-electron chi connectivity index (χ1n) is 20.2. The molecule has 4 heteroatoms. The van der Waals surface area contributed by atoms with E-state index < -0.39 is 0 Å². The molecule has 3 rings (SSSR count). The van der Waals surface area contributed by atoms with Gasteiger partial charge in [-0.15, -0.1) is 0 Å². The minimum atomic E-state index is 0.253. The first kappa shape index (κ1) is 44.1. The summed E-state index contributed by atoms with van der Waals surface area (Å²) in [5.74, 6) is 0. The number of pyridine rings is 1. The number of allylic oxidation sites excluding steroid dienone is 16. The van der Waals surface area contributed by atoms with E-state index in [1.165, 1.54) is 83.1 Å². The summed E-state index contributed by atoms with van der Waals surface area (Å²) < 4.78 is 19.3. The molecule has 0 saturated carbocycles. The molecular weight excluding hydrogens is 651 g/mol. The first-order chi connectivity index (χ1) is 25.3. The molecule has 53 heavy (non-hydrogen) atoms. The maximum atomic E-state index is 5.94. The van der Waals surface area contributed by atoms with Crippen LogP contribution in [0.4, 0.5) is 0 Å². The molecule has 0 unspecified atom stereocenters. The van der Waals surface area contributed by atoms with Gasteiger partial charge in [-0.2, -0.15) is 4.57 Å². The van der Waals surface area contributed by atoms with Crippen molar-refractivity contribution < 1.29 is 18.8 Å². The second-order valence-electron chi connectivity index (χ2n) is 16.4. The van der Waals surface area contributed by atoms with Crippen LogP contribution < -0.4 is 4.57 Å². The third kappa shape index (κ3) is 15.9. The zero-order valence-corrected chi connectivity index (χ0v) is 35.2. The predicted molar refractivity (Wildman–Crippen MR) is 228 cm³/mol. The van der Waals surface area contributed by atoms with Crippen molar-refractivity contribution in [2.75, 3.05) is 39.6 Å². The topological polar surface area (TPSA) is 31.6 Å². The lowest BCUT2D eigenvalue weighted by molar-refractivity contribution is -0.700. The molecule has 0 saturated heterocycles. The summed E-state index contributed by atoms with van der Waals surface area (Å²) in [4.78, 5) is 0. The zero-order valence-electron chi connectivity index (χ0n) is 35.2. The van der Waals surface area contributed by atoms with Gasteiger partial charge in [-0.25, -0.2) is 0 Å². The summed E-state index contributed by atoms with van der Waals surface area (Å²) in [5, 5.41) is 0. The van der Waals surface area contributed by atoms with Gasteiger partial charge in [0.15, 0.2) is 12.7 Å². The van der Waals surface area contributed by atoms with E-state index in [1.807, 2.05) is 0 Å². The van der Waals surface area contributed by atoms with E-state index in [4.69, 9.17) is 14.2 Å². The number of ether oxygens (including phenoxy) is 3. The fourth-order valence-electron chi connectivity index (χ4n) is 7.35. The number of nitrogens with zero attached hydrogens (tertiary/aromatic N) is 1. The van der Waals surface area contributed by atoms with Crippen molar-refractivity contribution in [2.45, 2.75) is 121 Å². The Balaban J connectivity index is 1.72. The molecule has 0 atom stereocenters. The highest BCUT2D eigenvalue weighted by Crippen LogP contribution is 2.41. The Bertz CT molecular complexity index is 1600. The zero-order chi connectivity index (χ0) is 38.7. The van der Waals surface area contributed by atoms with Crippen molar-refractivity contribution in [3.05, 3.63) is 123 Å². The quantitative estimate of drug-likeness (QED) is 0.0763. The minimum Gasteiger partial charge on any atom is -0.379 e. The summed E-state index contributed by atoms with van der Waals surface area (Å²) >= 11 is 0. The highest BCUT2D eigenvalue weighted by atomic mass is 16.5. The van der Waals surface area contributed by atoms with E-state index in [-0.39, 0.29) is 10.8 Å². The molecule has 290 valence electrons. The Hall–Kier alpha value is -3.31. The lowest BCUT2D eigenvalue weighted by Gasteiger charge is -2.33. The van der Waals surface area contributed by atoms with Crippen LogP contribution in [-0.2, 0) is 20.8 Å². The number of hydrogen-bond acceptors (Lipinski definition) is 3. The SMILES string of the molecule is CCCOCCOCCOCC[n+]1ccc(/C=C/C=C(C)/C=C/C2=C(C)CCCC2(C)C)cc1/C=C(C)/C=C/C=C(C)/C=C/C1=C(C)CCCC1(C)C. The summed E-state index contributed by atoms with van der Waals surface area (Å²) in [7, 11) is 0. The van der Waals surface area contributed by atoms with Gasteiger partial charge in [-0.05, 0) is 113 Å². The van der Waals surface area contributed by atoms with Crippen LogP contribution in [0, 0.1) is 10.8 Å². The van der Waals surface area contributed by atoms with Crippen molar-refractivity contribution in [1.29, 1.82) is 0 Å². The van der Waals surface area contributed by atoms with Crippen LogP contribution in [0.2, 0.25) is 0 Å². The molecule has 0 bridgehead atoms. The van der Waals surface area contributed by atoms with Gasteiger partial charge < -0.3 is 14.2 Å². The van der Waals surface area contributed by atoms with E-state index in [0.717, 1.165) is 25.3 Å². The van der Waals surface area contributed by atoms with Crippen molar-refractivity contribution in [2.24, 2.45) is 10.8 Å². The van der Waals surface area contributed by atoms with Gasteiger partial charge in [-0.3, -0.25) is 0 Å². The van der Waals surface area contributed by atoms with Gasteiger partial charge in [0.1, 0.15) is 6.61 Å². The van der Waals surface area contributed by atoms with E-state index >= 15 is 0 Å². The van der Waals surface area contributed by atoms with E-state index in [2.05, 4.69) is 159 Å². The molecule has 0 spiro atoms. The monoisotopic (exact) mass is 723 g/mol. The molecule has 1 heterocycles. The molecule has 0 amide bonds. The molecule has 0 aliphatic heterocycles. The highest BCUT2D eigenvalue weighted by Gasteiger charge is 2.27. The number of aromatic nitrogens is 1. The predicted octanol–water partition coefficient (Wildman–Crippen LogP) is 12.5. The van der Waals surface area contributed by atoms with Crippen molar-refractivity contribution in [3.63, 3.8) is 0 Å². The minimum absolute atomic E-state index is 0.253. The van der Waals surface area contributed by atoms with Gasteiger partial charge in [0.2, 0.25) is 5.69 Å². The summed E-state index contributed by atoms with van der Waals surface area (Å²) in [6.45, 7) is 27.3. The van der Waals surface area contributed by atoms with Gasteiger partial charge >= 0.3 is 0 Å². The first-order valence-corrected chi connectivity index (χ1v) is 20.2. The fraction of sp³-hybridized carbons (Fsp3) is 0.531. The van der Waals surface area contributed by atoms with E-state index in [0.29, 0.717) is 33.0 Å². The average molecular weight is 723 g/mol. The molecule has 4 nitrogen and oxygen atoms in total. The fourth-order valence-corrected chi connectivity index (χ4v) is 7.35. The van der Waals surface area contributed by atoms with E-state index in [1.54, 1.807) is 0 Å². The molecule has 0 aromatic carbocycles. The van der Waals surface area contributed by atoms with E-state index in [9.17, 15) is 0 Å². The third-order valence-corrected chi connectivity index (χ3v) is 10.5. The highest BCUT2D eigenvalue weighted by molar-refractivity contribution is 5.57. The van der Waals surface area contributed by atoms with Gasteiger partial charge in [-0.1, -0.05) is 118 Å². The third-order valence-electron chi connectivity index (χ3n) is 10.5. The lowest BCUT2D eigenvalue weighted by Crippen LogP contribution is -2.39. The summed E-state index contributed by atoms with van der Waals surface area (Å²) in [6.07, 6.45) is 35.3. The molecule has 0 N–H and O–H groups in total. The van der Waals surface area contributed by atoms with Gasteiger partial charge in [0.05, 0.1) is 26.4 Å². The summed E-state index contributed by atoms with van der Waals surface area (Å²) in [5.41, 5.74) is 12.6. The molecular formula is C49H72NO3+. The molecule has 1 aromatic rings. The Labute approximate surface area is 324 Å². The van der Waals surface area contributed by atoms with Crippen LogP contribution in [0.1, 0.15) is 125 Å². The molecule has 0 radical (unpaired) electrons. The van der Waals surface area contributed by atoms with Crippen LogP contribution in [0.3, 0.4) is 0 Å². The average Bonchev–Trinajstić information content (AvgIpc) is 3.09. The van der Waals surface area contributed by atoms with Crippen molar-refractivity contribution in [1.82, 2.24) is 0 Å². The summed E-state index contributed by atoms with van der Waals surface area (Å²) in [6, 6.07) is 4.44. The van der Waals surface area contributed by atoms with Crippen LogP contribution in [0.5, 0.6) is 0 Å². The number of rotatable bonds is 20. The second kappa shape index (κ2) is 22.8. The maximum Gasteiger partial charge on any atom is 0.206 e. The smallest absolute Gasteiger partial charge is 0.206 e. The van der Waals surface area contributed by atoms with Crippen LogP contribution in [0.15, 0.2) is 112 Å². The van der Waals surface area contributed by atoms with Crippen LogP contribution in [-0.4, -0.2) is 39.6 Å². The number of hydrogen-bond donors (Lipinski definition) is 0. The van der Waals surface area contributed by atoms with Crippen molar-refractivity contribution in [3.8, 4) is 0 Å². The standard InChI is InChI=1S/C49H72NO3/c1-11-31-51-33-35-53-36-34-52-32-30-50-29-26-44(21-13-17-40(3)23-25-47-43(6)20-15-28-49(47,9)10)38-45(50)37-41(4)18-12-16-39(2)22-24-46-42(5)19-14-27-48(46,7)8/h12-13,16-18,21-26,29,37-38H,11,14-15,19-20,27-28,30-36H2,1-10H3/q+1/b18-12+,21-13+,24-22+,25-23+,39-16+,40-17+,41-37+. The second-order valence-corrected chi connectivity index (χ2v) is 16.4. The Kier molecular flexibility index (Phi) is 19.0. The van der Waals surface area contributed by atoms with Gasteiger partial charge in [0, 0.05) is 24.8 Å². The molecule has 2 aliphatic carbocycles. The maximum absolute atomic E-state index is 5.94. The molecule has 1 aromatic heterocycles. The lowest BCUT2D eigenvalue weighted by atomic mass is 9.72. The Morgan fingerprint density at radius 2 is 1.21 bits per heavy atom. The molecule has 2 aliphatic rings. The Morgan fingerprint density at radius 3 is 1.75 bits per heavy atom. The van der Waals surface area contributed by atoms with Crippen LogP contribution >= 0.6 is 0 Å². The largest absolute Gasteiger partial charge is 0.379 e. The normalized spacial score (nSPS) is 18.9. The Morgan fingerprint density at radius 1 is 0.679 bits per heavy atom. The van der Waals surface area contributed by atoms with Crippen molar-refractivity contribution >= 4 is 12.2 Å².